The van der Waals surface area contributed by atoms with E-state index in [9.17, 15) is 9.36 Å². The smallest absolute Gasteiger partial charge is 0.314 e. The van der Waals surface area contributed by atoms with Gasteiger partial charge in [0.2, 0.25) is 0 Å². The molecular weight excluding hydrogens is 283 g/mol. The van der Waals surface area contributed by atoms with Crippen LogP contribution in [-0.4, -0.2) is 18.7 Å². The van der Waals surface area contributed by atoms with Crippen LogP contribution in [0.25, 0.3) is 0 Å². The molecule has 0 amide bonds. The number of esters is 1. The molecule has 0 aliphatic carbocycles. The molecule has 0 saturated carbocycles. The van der Waals surface area contributed by atoms with Crippen LogP contribution in [0.3, 0.4) is 0 Å². The Morgan fingerprint density at radius 1 is 1.00 bits per heavy atom. The highest BCUT2D eigenvalue weighted by Crippen LogP contribution is 2.43. The second kappa shape index (κ2) is 6.92. The maximum atomic E-state index is 13.4. The molecule has 0 N–H and O–H groups in total. The van der Waals surface area contributed by atoms with E-state index in [1.165, 1.54) is 0 Å². The van der Waals surface area contributed by atoms with Gasteiger partial charge in [0.1, 0.15) is 6.16 Å². The molecular formula is C17H15O3P. The van der Waals surface area contributed by atoms with Gasteiger partial charge in [0.05, 0.1) is 0 Å². The molecule has 0 spiro atoms. The minimum atomic E-state index is -3.06. The fourth-order valence-corrected chi connectivity index (χ4v) is 4.44. The SMILES string of the molecule is C#CCOC(=O)CP(=O)(c1ccccc1)c1ccccc1. The van der Waals surface area contributed by atoms with Gasteiger partial charge in [-0.05, 0) is 0 Å². The Kier molecular flexibility index (Phi) is 4.98. The van der Waals surface area contributed by atoms with Crippen LogP contribution in [0.4, 0.5) is 0 Å². The summed E-state index contributed by atoms with van der Waals surface area (Å²) in [5.74, 6) is 1.68. The monoisotopic (exact) mass is 298 g/mol. The molecule has 2 aromatic carbocycles. The van der Waals surface area contributed by atoms with E-state index in [0.717, 1.165) is 0 Å². The standard InChI is InChI=1S/C17H15O3P/c1-2-13-20-17(18)14-21(19,15-9-5-3-6-10-15)16-11-7-4-8-12-16/h1,3-12H,13-14H2. The number of hydrogen-bond acceptors (Lipinski definition) is 3. The second-order valence-corrected chi connectivity index (χ2v) is 7.26. The van der Waals surface area contributed by atoms with Crippen LogP contribution in [0.15, 0.2) is 60.7 Å². The molecule has 0 unspecified atom stereocenters. The summed E-state index contributed by atoms with van der Waals surface area (Å²) in [6.45, 7) is -0.109. The number of rotatable bonds is 5. The van der Waals surface area contributed by atoms with E-state index in [1.54, 1.807) is 48.5 Å². The van der Waals surface area contributed by atoms with E-state index in [-0.39, 0.29) is 12.8 Å². The number of terminal acetylenes is 1. The molecule has 0 radical (unpaired) electrons. The Morgan fingerprint density at radius 3 is 1.90 bits per heavy atom. The number of carbonyl (C=O) groups excluding carboxylic acids is 1. The number of carbonyl (C=O) groups is 1. The maximum Gasteiger partial charge on any atom is 0.314 e. The average Bonchev–Trinajstić information content (AvgIpc) is 2.54. The first-order valence-electron chi connectivity index (χ1n) is 6.46. The molecule has 2 aromatic rings. The van der Waals surface area contributed by atoms with Crippen molar-refractivity contribution in [1.29, 1.82) is 0 Å². The van der Waals surface area contributed by atoms with Gasteiger partial charge < -0.3 is 9.30 Å². The molecule has 0 aliphatic heterocycles. The van der Waals surface area contributed by atoms with Gasteiger partial charge in [0.25, 0.3) is 0 Å². The van der Waals surface area contributed by atoms with Crippen molar-refractivity contribution in [3.8, 4) is 12.3 Å². The van der Waals surface area contributed by atoms with Crippen molar-refractivity contribution in [3.63, 3.8) is 0 Å². The lowest BCUT2D eigenvalue weighted by Crippen LogP contribution is -2.23. The molecule has 0 atom stereocenters. The van der Waals surface area contributed by atoms with Crippen LogP contribution in [0.2, 0.25) is 0 Å². The van der Waals surface area contributed by atoms with Gasteiger partial charge in [-0.2, -0.15) is 0 Å². The van der Waals surface area contributed by atoms with Crippen molar-refractivity contribution >= 4 is 23.7 Å². The van der Waals surface area contributed by atoms with E-state index in [0.29, 0.717) is 10.6 Å². The van der Waals surface area contributed by atoms with Crippen LogP contribution in [0, 0.1) is 12.3 Å². The summed E-state index contributed by atoms with van der Waals surface area (Å²) in [5.41, 5.74) is 0. The van der Waals surface area contributed by atoms with Crippen LogP contribution in [0.5, 0.6) is 0 Å². The van der Waals surface area contributed by atoms with Crippen LogP contribution < -0.4 is 10.6 Å². The highest BCUT2D eigenvalue weighted by Gasteiger charge is 2.30. The van der Waals surface area contributed by atoms with Crippen molar-refractivity contribution < 1.29 is 14.1 Å². The number of benzene rings is 2. The van der Waals surface area contributed by atoms with Gasteiger partial charge in [-0.15, -0.1) is 6.42 Å². The molecule has 0 saturated heterocycles. The molecule has 106 valence electrons. The first-order chi connectivity index (χ1) is 10.2. The lowest BCUT2D eigenvalue weighted by Gasteiger charge is -2.18. The summed E-state index contributed by atoms with van der Waals surface area (Å²) in [6.07, 6.45) is 4.87. The molecule has 0 aromatic heterocycles. The molecule has 2 rings (SSSR count). The topological polar surface area (TPSA) is 43.4 Å². The van der Waals surface area contributed by atoms with E-state index >= 15 is 0 Å². The van der Waals surface area contributed by atoms with E-state index in [2.05, 4.69) is 5.92 Å². The second-order valence-electron chi connectivity index (χ2n) is 4.43. The van der Waals surface area contributed by atoms with Crippen LogP contribution in [0.1, 0.15) is 0 Å². The third-order valence-electron chi connectivity index (χ3n) is 3.01. The summed E-state index contributed by atoms with van der Waals surface area (Å²) in [7, 11) is -3.06. The highest BCUT2D eigenvalue weighted by atomic mass is 31.2. The molecule has 3 nitrogen and oxygen atoms in total. The molecule has 0 aliphatic rings. The van der Waals surface area contributed by atoms with Crippen molar-refractivity contribution in [2.75, 3.05) is 12.8 Å². The Hall–Kier alpha value is -2.30. The lowest BCUT2D eigenvalue weighted by molar-refractivity contribution is -0.139. The average molecular weight is 298 g/mol. The Morgan fingerprint density at radius 2 is 1.48 bits per heavy atom. The summed E-state index contributed by atoms with van der Waals surface area (Å²) >= 11 is 0. The number of hydrogen-bond donors (Lipinski definition) is 0. The summed E-state index contributed by atoms with van der Waals surface area (Å²) in [5, 5.41) is 1.27. The van der Waals surface area contributed by atoms with Gasteiger partial charge in [-0.3, -0.25) is 4.79 Å². The molecule has 0 bridgehead atoms. The van der Waals surface area contributed by atoms with Crippen LogP contribution in [-0.2, 0) is 14.1 Å². The minimum absolute atomic E-state index is 0.109. The zero-order valence-electron chi connectivity index (χ0n) is 11.4. The fraction of sp³-hybridized carbons (Fsp3) is 0.118. The molecule has 4 heteroatoms. The predicted molar refractivity (Wildman–Crippen MR) is 84.4 cm³/mol. The van der Waals surface area contributed by atoms with E-state index in [4.69, 9.17) is 11.2 Å². The predicted octanol–water partition coefficient (Wildman–Crippen LogP) is 2.18. The van der Waals surface area contributed by atoms with Gasteiger partial charge >= 0.3 is 5.97 Å². The van der Waals surface area contributed by atoms with Gasteiger partial charge in [-0.25, -0.2) is 0 Å². The maximum absolute atomic E-state index is 13.4. The quantitative estimate of drug-likeness (QED) is 0.483. The third kappa shape index (κ3) is 3.62. The third-order valence-corrected chi connectivity index (χ3v) is 5.98. The van der Waals surface area contributed by atoms with Gasteiger partial charge in [0.15, 0.2) is 13.7 Å². The molecule has 0 heterocycles. The molecule has 0 fully saturated rings. The summed E-state index contributed by atoms with van der Waals surface area (Å²) in [6, 6.07) is 18.0. The Balaban J connectivity index is 2.39. The Bertz CT molecular complexity index is 643. The first-order valence-corrected chi connectivity index (χ1v) is 8.35. The van der Waals surface area contributed by atoms with Crippen molar-refractivity contribution in [3.05, 3.63) is 60.7 Å². The zero-order valence-corrected chi connectivity index (χ0v) is 12.3. The summed E-state index contributed by atoms with van der Waals surface area (Å²) in [4.78, 5) is 11.9. The van der Waals surface area contributed by atoms with E-state index < -0.39 is 13.1 Å². The minimum Gasteiger partial charge on any atom is -0.452 e. The normalized spacial score (nSPS) is 10.6. The van der Waals surface area contributed by atoms with Crippen molar-refractivity contribution in [2.24, 2.45) is 0 Å². The van der Waals surface area contributed by atoms with Gasteiger partial charge in [0, 0.05) is 10.6 Å². The zero-order chi connectivity index (χ0) is 15.1. The number of ether oxygens (including phenoxy) is 1. The van der Waals surface area contributed by atoms with Crippen LogP contribution >= 0.6 is 7.14 Å². The lowest BCUT2D eigenvalue weighted by atomic mass is 10.4. The largest absolute Gasteiger partial charge is 0.452 e. The van der Waals surface area contributed by atoms with E-state index in [1.807, 2.05) is 12.1 Å². The first kappa shape index (κ1) is 15.1. The summed E-state index contributed by atoms with van der Waals surface area (Å²) < 4.78 is 18.3. The van der Waals surface area contributed by atoms with Crippen molar-refractivity contribution in [1.82, 2.24) is 0 Å². The highest BCUT2D eigenvalue weighted by molar-refractivity contribution is 7.79. The fourth-order valence-electron chi connectivity index (χ4n) is 2.02. The van der Waals surface area contributed by atoms with Crippen molar-refractivity contribution in [2.45, 2.75) is 0 Å². The Labute approximate surface area is 124 Å². The van der Waals surface area contributed by atoms with Gasteiger partial charge in [-0.1, -0.05) is 66.6 Å². The molecule has 21 heavy (non-hydrogen) atoms.